The Balaban J connectivity index is 1.44. The third-order valence-corrected chi connectivity index (χ3v) is 4.53. The first-order valence-electron chi connectivity index (χ1n) is 9.16. The lowest BCUT2D eigenvalue weighted by molar-refractivity contribution is -0.126. The summed E-state index contributed by atoms with van der Waals surface area (Å²) in [4.78, 5) is 26.3. The number of nitrogens with zero attached hydrogens (tertiary/aromatic N) is 1. The van der Waals surface area contributed by atoms with E-state index in [1.807, 2.05) is 54.6 Å². The number of nitrogens with one attached hydrogen (secondary N) is 2. The van der Waals surface area contributed by atoms with E-state index in [-0.39, 0.29) is 18.2 Å². The Morgan fingerprint density at radius 2 is 1.54 bits per heavy atom. The number of piperidine rings is 1. The molecule has 2 aromatic rings. The summed E-state index contributed by atoms with van der Waals surface area (Å²) in [6.07, 6.45) is 3.59. The maximum absolute atomic E-state index is 12.0. The van der Waals surface area contributed by atoms with Crippen LogP contribution < -0.4 is 15.5 Å². The van der Waals surface area contributed by atoms with E-state index in [9.17, 15) is 9.59 Å². The minimum atomic E-state index is -0.304. The summed E-state index contributed by atoms with van der Waals surface area (Å²) < 4.78 is 0. The van der Waals surface area contributed by atoms with Crippen molar-refractivity contribution in [3.05, 3.63) is 60.2 Å². The third kappa shape index (κ3) is 5.34. The zero-order valence-electron chi connectivity index (χ0n) is 14.9. The maximum atomic E-state index is 12.0. The molecule has 2 aromatic carbocycles. The highest BCUT2D eigenvalue weighted by atomic mass is 16.2. The molecular weight excluding hydrogens is 326 g/mol. The molecule has 5 heteroatoms. The van der Waals surface area contributed by atoms with Crippen molar-refractivity contribution in [2.24, 2.45) is 0 Å². The Bertz CT molecular complexity index is 723. The quantitative estimate of drug-likeness (QED) is 0.785. The van der Waals surface area contributed by atoms with Crippen LogP contribution in [-0.2, 0) is 16.1 Å². The maximum Gasteiger partial charge on any atom is 0.233 e. The molecule has 0 aromatic heterocycles. The smallest absolute Gasteiger partial charge is 0.233 e. The number of carbonyl (C=O) groups is 2. The third-order valence-electron chi connectivity index (χ3n) is 4.53. The number of amides is 2. The van der Waals surface area contributed by atoms with Crippen LogP contribution in [0.25, 0.3) is 0 Å². The first-order chi connectivity index (χ1) is 12.7. The Labute approximate surface area is 154 Å². The summed E-state index contributed by atoms with van der Waals surface area (Å²) in [7, 11) is 0. The molecule has 0 radical (unpaired) electrons. The first-order valence-corrected chi connectivity index (χ1v) is 9.16. The second-order valence-electron chi connectivity index (χ2n) is 6.58. The fraction of sp³-hybridized carbons (Fsp3) is 0.333. The molecular formula is C21H25N3O2. The van der Waals surface area contributed by atoms with Crippen LogP contribution in [0, 0.1) is 0 Å². The zero-order chi connectivity index (χ0) is 18.2. The molecule has 0 saturated carbocycles. The average Bonchev–Trinajstić information content (AvgIpc) is 2.68. The molecule has 1 aliphatic heterocycles. The van der Waals surface area contributed by atoms with E-state index < -0.39 is 0 Å². The molecule has 0 aliphatic carbocycles. The van der Waals surface area contributed by atoms with Crippen LogP contribution in [0.3, 0.4) is 0 Å². The summed E-state index contributed by atoms with van der Waals surface area (Å²) >= 11 is 0. The van der Waals surface area contributed by atoms with Crippen LogP contribution in [0.15, 0.2) is 54.6 Å². The number of benzene rings is 2. The van der Waals surface area contributed by atoms with Crippen LogP contribution in [0.1, 0.15) is 31.2 Å². The van der Waals surface area contributed by atoms with Gasteiger partial charge in [0.1, 0.15) is 6.42 Å². The Morgan fingerprint density at radius 3 is 2.23 bits per heavy atom. The van der Waals surface area contributed by atoms with Crippen LogP contribution in [0.4, 0.5) is 11.4 Å². The van der Waals surface area contributed by atoms with E-state index in [1.165, 1.54) is 24.9 Å². The van der Waals surface area contributed by atoms with Crippen molar-refractivity contribution in [3.8, 4) is 0 Å². The van der Waals surface area contributed by atoms with Crippen LogP contribution in [0.5, 0.6) is 0 Å². The Morgan fingerprint density at radius 1 is 0.846 bits per heavy atom. The van der Waals surface area contributed by atoms with Gasteiger partial charge in [0.25, 0.3) is 0 Å². The van der Waals surface area contributed by atoms with Crippen LogP contribution in [-0.4, -0.2) is 24.9 Å². The van der Waals surface area contributed by atoms with Gasteiger partial charge < -0.3 is 15.5 Å². The van der Waals surface area contributed by atoms with Gasteiger partial charge in [-0.1, -0.05) is 30.3 Å². The monoisotopic (exact) mass is 351 g/mol. The molecule has 136 valence electrons. The second-order valence-corrected chi connectivity index (χ2v) is 6.58. The van der Waals surface area contributed by atoms with Crippen molar-refractivity contribution < 1.29 is 9.59 Å². The molecule has 3 rings (SSSR count). The summed E-state index contributed by atoms with van der Waals surface area (Å²) in [6.45, 7) is 2.61. The summed E-state index contributed by atoms with van der Waals surface area (Å²) in [5, 5.41) is 5.54. The van der Waals surface area contributed by atoms with E-state index >= 15 is 0 Å². The molecule has 2 N–H and O–H groups in total. The molecule has 0 unspecified atom stereocenters. The lowest BCUT2D eigenvalue weighted by Gasteiger charge is -2.28. The fourth-order valence-electron chi connectivity index (χ4n) is 3.12. The topological polar surface area (TPSA) is 61.4 Å². The van der Waals surface area contributed by atoms with Gasteiger partial charge in [-0.05, 0) is 49.1 Å². The molecule has 0 spiro atoms. The van der Waals surface area contributed by atoms with Crippen molar-refractivity contribution in [1.82, 2.24) is 5.32 Å². The molecule has 0 atom stereocenters. The lowest BCUT2D eigenvalue weighted by Crippen LogP contribution is -2.29. The first kappa shape index (κ1) is 18.0. The van der Waals surface area contributed by atoms with Crippen molar-refractivity contribution in [2.45, 2.75) is 32.2 Å². The van der Waals surface area contributed by atoms with Gasteiger partial charge in [0.05, 0.1) is 0 Å². The number of hydrogen-bond acceptors (Lipinski definition) is 3. The van der Waals surface area contributed by atoms with Gasteiger partial charge >= 0.3 is 0 Å². The number of rotatable bonds is 6. The van der Waals surface area contributed by atoms with Crippen molar-refractivity contribution in [1.29, 1.82) is 0 Å². The second kappa shape index (κ2) is 9.04. The highest BCUT2D eigenvalue weighted by Crippen LogP contribution is 2.21. The Hall–Kier alpha value is -2.82. The van der Waals surface area contributed by atoms with Crippen LogP contribution >= 0.6 is 0 Å². The average molecular weight is 351 g/mol. The van der Waals surface area contributed by atoms with Crippen molar-refractivity contribution in [3.63, 3.8) is 0 Å². The van der Waals surface area contributed by atoms with Gasteiger partial charge in [0.15, 0.2) is 0 Å². The Kier molecular flexibility index (Phi) is 6.25. The van der Waals surface area contributed by atoms with Crippen LogP contribution in [0.2, 0.25) is 0 Å². The minimum absolute atomic E-state index is 0.180. The fourth-order valence-corrected chi connectivity index (χ4v) is 3.12. The van der Waals surface area contributed by atoms with Gasteiger partial charge in [0, 0.05) is 31.0 Å². The molecule has 1 saturated heterocycles. The lowest BCUT2D eigenvalue weighted by atomic mass is 10.1. The SMILES string of the molecule is O=C(CC(=O)Nc1ccc(N2CCCCC2)cc1)NCc1ccccc1. The number of hydrogen-bond donors (Lipinski definition) is 2. The van der Waals surface area contributed by atoms with E-state index in [0.29, 0.717) is 12.2 Å². The summed E-state index contributed by atoms with van der Waals surface area (Å²) in [5.41, 5.74) is 2.91. The number of anilines is 2. The summed E-state index contributed by atoms with van der Waals surface area (Å²) in [6, 6.07) is 17.5. The van der Waals surface area contributed by atoms with Crippen molar-refractivity contribution >= 4 is 23.2 Å². The zero-order valence-corrected chi connectivity index (χ0v) is 14.9. The van der Waals surface area contributed by atoms with E-state index in [4.69, 9.17) is 0 Å². The molecule has 1 heterocycles. The van der Waals surface area contributed by atoms with Gasteiger partial charge in [0.2, 0.25) is 11.8 Å². The highest BCUT2D eigenvalue weighted by Gasteiger charge is 2.12. The van der Waals surface area contributed by atoms with E-state index in [0.717, 1.165) is 18.7 Å². The highest BCUT2D eigenvalue weighted by molar-refractivity contribution is 6.03. The van der Waals surface area contributed by atoms with Gasteiger partial charge in [-0.2, -0.15) is 0 Å². The molecule has 0 bridgehead atoms. The molecule has 26 heavy (non-hydrogen) atoms. The molecule has 1 fully saturated rings. The molecule has 2 amide bonds. The van der Waals surface area contributed by atoms with E-state index in [1.54, 1.807) is 0 Å². The summed E-state index contributed by atoms with van der Waals surface area (Å²) in [5.74, 6) is -0.586. The molecule has 5 nitrogen and oxygen atoms in total. The normalized spacial score (nSPS) is 13.9. The van der Waals surface area contributed by atoms with Gasteiger partial charge in [-0.3, -0.25) is 9.59 Å². The minimum Gasteiger partial charge on any atom is -0.372 e. The largest absolute Gasteiger partial charge is 0.372 e. The predicted octanol–water partition coefficient (Wildman–Crippen LogP) is 3.32. The van der Waals surface area contributed by atoms with Crippen molar-refractivity contribution in [2.75, 3.05) is 23.3 Å². The number of carbonyl (C=O) groups excluding carboxylic acids is 2. The predicted molar refractivity (Wildman–Crippen MR) is 104 cm³/mol. The van der Waals surface area contributed by atoms with E-state index in [2.05, 4.69) is 15.5 Å². The standard InChI is InChI=1S/C21H25N3O2/c25-20(22-16-17-7-3-1-4-8-17)15-21(26)23-18-9-11-19(12-10-18)24-13-5-2-6-14-24/h1,3-4,7-12H,2,5-6,13-16H2,(H,22,25)(H,23,26). The molecule has 1 aliphatic rings. The van der Waals surface area contributed by atoms with Gasteiger partial charge in [-0.15, -0.1) is 0 Å². The van der Waals surface area contributed by atoms with Gasteiger partial charge in [-0.25, -0.2) is 0 Å².